The van der Waals surface area contributed by atoms with Gasteiger partial charge in [-0.25, -0.2) is 8.42 Å². The first-order valence-electron chi connectivity index (χ1n) is 8.11. The summed E-state index contributed by atoms with van der Waals surface area (Å²) in [7, 11) is -2.38. The van der Waals surface area contributed by atoms with Crippen molar-refractivity contribution in [1.82, 2.24) is 4.90 Å². The second-order valence-electron chi connectivity index (χ2n) is 6.40. The first-order chi connectivity index (χ1) is 13.4. The van der Waals surface area contributed by atoms with Gasteiger partial charge in [0.15, 0.2) is 0 Å². The minimum Gasteiger partial charge on any atom is -0.487 e. The van der Waals surface area contributed by atoms with Crippen LogP contribution in [0.3, 0.4) is 0 Å². The molecule has 3 rings (SSSR count). The number of likely N-dealkylation sites (tertiary alicyclic amines) is 1. The summed E-state index contributed by atoms with van der Waals surface area (Å²) in [6.45, 7) is 1.24. The summed E-state index contributed by atoms with van der Waals surface area (Å²) in [5.74, 6) is -0.211. The predicted molar refractivity (Wildman–Crippen MR) is 118 cm³/mol. The topological polar surface area (TPSA) is 58.6 Å². The van der Waals surface area contributed by atoms with E-state index in [1.807, 2.05) is 11.9 Å². The summed E-state index contributed by atoms with van der Waals surface area (Å²) < 4.78 is 73.2. The normalized spacial score (nSPS) is 17.6. The number of ether oxygens (including phenoxy) is 1. The highest BCUT2D eigenvalue weighted by molar-refractivity contribution is 9.10. The first kappa shape index (κ1) is 25.8. The van der Waals surface area contributed by atoms with E-state index in [1.165, 1.54) is 0 Å². The third-order valence-corrected chi connectivity index (χ3v) is 9.02. The summed E-state index contributed by atoms with van der Waals surface area (Å²) in [4.78, 5) is 1.67. The second-order valence-corrected chi connectivity index (χ2v) is 11.0. The minimum absolute atomic E-state index is 0. The number of benzene rings is 1. The Morgan fingerprint density at radius 3 is 2.47 bits per heavy atom. The fourth-order valence-electron chi connectivity index (χ4n) is 2.82. The van der Waals surface area contributed by atoms with Gasteiger partial charge in [-0.15, -0.1) is 23.7 Å². The fourth-order valence-corrected chi connectivity index (χ4v) is 7.44. The molecule has 1 fully saturated rings. The van der Waals surface area contributed by atoms with E-state index < -0.39 is 21.8 Å². The number of hydrogen-bond acceptors (Lipinski definition) is 5. The molecule has 2 heterocycles. The van der Waals surface area contributed by atoms with Crippen molar-refractivity contribution in [2.45, 2.75) is 23.6 Å². The molecule has 0 radical (unpaired) electrons. The van der Waals surface area contributed by atoms with Crippen LogP contribution in [0.25, 0.3) is 0 Å². The maximum Gasteiger partial charge on any atom is 0.416 e. The molecule has 0 saturated carbocycles. The summed E-state index contributed by atoms with van der Waals surface area (Å²) in [6.07, 6.45) is -4.36. The lowest BCUT2D eigenvalue weighted by atomic mass is 10.2. The first-order valence-corrected chi connectivity index (χ1v) is 12.0. The molecule has 1 aromatic carbocycles. The average molecular weight is 591 g/mol. The van der Waals surface area contributed by atoms with E-state index in [4.69, 9.17) is 27.9 Å². The number of anilines is 1. The van der Waals surface area contributed by atoms with Crippen LogP contribution in [0, 0.1) is 0 Å². The summed E-state index contributed by atoms with van der Waals surface area (Å²) in [5, 5.41) is 0. The zero-order valence-corrected chi connectivity index (χ0v) is 20.6. The van der Waals surface area contributed by atoms with Crippen LogP contribution in [0.2, 0.25) is 8.67 Å². The van der Waals surface area contributed by atoms with Crippen LogP contribution in [-0.4, -0.2) is 39.6 Å². The van der Waals surface area contributed by atoms with Crippen molar-refractivity contribution in [3.8, 4) is 5.75 Å². The Bertz CT molecular complexity index is 1030. The zero-order chi connectivity index (χ0) is 21.6. The molecule has 0 bridgehead atoms. The monoisotopic (exact) mass is 588 g/mol. The highest BCUT2D eigenvalue weighted by Gasteiger charge is 2.33. The van der Waals surface area contributed by atoms with Gasteiger partial charge in [0, 0.05) is 13.1 Å². The Morgan fingerprint density at radius 2 is 1.97 bits per heavy atom. The predicted octanol–water partition coefficient (Wildman–Crippen LogP) is 6.14. The van der Waals surface area contributed by atoms with Crippen LogP contribution in [0.5, 0.6) is 5.75 Å². The molecular weight excluding hydrogens is 576 g/mol. The van der Waals surface area contributed by atoms with E-state index in [1.54, 1.807) is 0 Å². The van der Waals surface area contributed by atoms with Crippen LogP contribution in [0.1, 0.15) is 12.0 Å². The number of alkyl halides is 3. The van der Waals surface area contributed by atoms with Crippen LogP contribution in [0.15, 0.2) is 27.6 Å². The van der Waals surface area contributed by atoms with Gasteiger partial charge < -0.3 is 9.64 Å². The molecule has 168 valence electrons. The minimum atomic E-state index is -4.60. The van der Waals surface area contributed by atoms with Gasteiger partial charge in [0.2, 0.25) is 0 Å². The SMILES string of the molecule is CN1CC[C@@H](Oc2cc(C(F)(F)F)ccc2NS(=O)(=O)c2c(Cl)sc(Cl)c2Br)C1.Cl. The van der Waals surface area contributed by atoms with Crippen molar-refractivity contribution in [3.05, 3.63) is 36.9 Å². The van der Waals surface area contributed by atoms with Gasteiger partial charge in [-0.3, -0.25) is 4.72 Å². The van der Waals surface area contributed by atoms with Crippen LogP contribution in [0.4, 0.5) is 18.9 Å². The second kappa shape index (κ2) is 9.60. The van der Waals surface area contributed by atoms with Gasteiger partial charge in [-0.2, -0.15) is 13.2 Å². The molecule has 14 heteroatoms. The van der Waals surface area contributed by atoms with E-state index in [-0.39, 0.29) is 48.0 Å². The van der Waals surface area contributed by atoms with Gasteiger partial charge in [0.05, 0.1) is 15.7 Å². The lowest BCUT2D eigenvalue weighted by Gasteiger charge is -2.19. The van der Waals surface area contributed by atoms with Crippen molar-refractivity contribution >= 4 is 78.6 Å². The van der Waals surface area contributed by atoms with E-state index in [0.717, 1.165) is 36.1 Å². The van der Waals surface area contributed by atoms with E-state index in [0.29, 0.717) is 13.0 Å². The zero-order valence-electron chi connectivity index (χ0n) is 15.1. The molecule has 1 aliphatic rings. The van der Waals surface area contributed by atoms with E-state index >= 15 is 0 Å². The number of thiophene rings is 1. The molecule has 2 aromatic rings. The van der Waals surface area contributed by atoms with Crippen molar-refractivity contribution in [2.75, 3.05) is 24.9 Å². The van der Waals surface area contributed by atoms with E-state index in [2.05, 4.69) is 20.7 Å². The Morgan fingerprint density at radius 1 is 1.30 bits per heavy atom. The molecule has 0 amide bonds. The standard InChI is InChI=1S/C16H14BrCl2F3N2O3S2.ClH/c1-24-5-4-9(7-24)27-11-6-8(16(20,21)22)2-3-10(11)23-29(25,26)13-12(17)14(18)28-15(13)19;/h2-3,6,9,23H,4-5,7H2,1H3;1H/t9-;/m1./s1. The number of sulfonamides is 1. The highest BCUT2D eigenvalue weighted by atomic mass is 79.9. The maximum atomic E-state index is 13.1. The van der Waals surface area contributed by atoms with Crippen molar-refractivity contribution in [3.63, 3.8) is 0 Å². The summed E-state index contributed by atoms with van der Waals surface area (Å²) in [6, 6.07) is 2.58. The van der Waals surface area contributed by atoms with Crippen molar-refractivity contribution in [2.24, 2.45) is 0 Å². The molecule has 1 atom stereocenters. The smallest absolute Gasteiger partial charge is 0.416 e. The Kier molecular flexibility index (Phi) is 8.26. The Labute approximate surface area is 200 Å². The molecule has 1 saturated heterocycles. The molecule has 0 spiro atoms. The Balaban J connectivity index is 0.00000320. The van der Waals surface area contributed by atoms with Gasteiger partial charge in [-0.05, 0) is 47.6 Å². The van der Waals surface area contributed by atoms with Gasteiger partial charge in [0.1, 0.15) is 25.4 Å². The molecule has 1 aliphatic heterocycles. The number of likely N-dealkylation sites (N-methyl/N-ethyl adjacent to an activating group) is 1. The molecular formula is C16H15BrCl3F3N2O3S2. The number of nitrogens with one attached hydrogen (secondary N) is 1. The number of halogens is 7. The third-order valence-electron chi connectivity index (χ3n) is 4.19. The lowest BCUT2D eigenvalue weighted by Crippen LogP contribution is -2.23. The molecule has 30 heavy (non-hydrogen) atoms. The molecule has 0 unspecified atom stereocenters. The average Bonchev–Trinajstić information content (AvgIpc) is 3.10. The van der Waals surface area contributed by atoms with Crippen LogP contribution in [-0.2, 0) is 16.2 Å². The molecule has 1 aromatic heterocycles. The van der Waals surface area contributed by atoms with Crippen LogP contribution < -0.4 is 9.46 Å². The highest BCUT2D eigenvalue weighted by Crippen LogP contribution is 2.44. The molecule has 0 aliphatic carbocycles. The lowest BCUT2D eigenvalue weighted by molar-refractivity contribution is -0.137. The van der Waals surface area contributed by atoms with Gasteiger partial charge in [-0.1, -0.05) is 23.2 Å². The van der Waals surface area contributed by atoms with Crippen LogP contribution >= 0.6 is 62.9 Å². The van der Waals surface area contributed by atoms with Crippen molar-refractivity contribution < 1.29 is 26.3 Å². The number of nitrogens with zero attached hydrogens (tertiary/aromatic N) is 1. The molecule has 5 nitrogen and oxygen atoms in total. The van der Waals surface area contributed by atoms with E-state index in [9.17, 15) is 21.6 Å². The van der Waals surface area contributed by atoms with Gasteiger partial charge >= 0.3 is 6.18 Å². The number of hydrogen-bond donors (Lipinski definition) is 1. The molecule has 1 N–H and O–H groups in total. The quantitative estimate of drug-likeness (QED) is 0.455. The summed E-state index contributed by atoms with van der Waals surface area (Å²) >= 11 is 15.8. The van der Waals surface area contributed by atoms with Crippen molar-refractivity contribution in [1.29, 1.82) is 0 Å². The van der Waals surface area contributed by atoms with Gasteiger partial charge in [0.25, 0.3) is 10.0 Å². The fraction of sp³-hybridized carbons (Fsp3) is 0.375. The Hall–Kier alpha value is -0.430. The largest absolute Gasteiger partial charge is 0.487 e. The number of rotatable bonds is 5. The third kappa shape index (κ3) is 5.67. The summed E-state index contributed by atoms with van der Waals surface area (Å²) in [5.41, 5.74) is -1.07. The maximum absolute atomic E-state index is 13.1.